The third kappa shape index (κ3) is 8.07. The van der Waals surface area contributed by atoms with E-state index >= 15 is 0 Å². The van der Waals surface area contributed by atoms with Crippen molar-refractivity contribution in [3.8, 4) is 0 Å². The van der Waals surface area contributed by atoms with Gasteiger partial charge in [-0.1, -0.05) is 0 Å². The van der Waals surface area contributed by atoms with Crippen LogP contribution in [0.1, 0.15) is 0 Å². The molecule has 0 heterocycles. The smallest absolute Gasteiger partial charge is 0.547 e. The minimum atomic E-state index is -2.68. The van der Waals surface area contributed by atoms with E-state index in [1.165, 1.54) is 0 Å². The SMILES string of the molecule is O=C(O[C@@H]([C@H](O)[C@H](O)CO)[C@@H](O)C(=O)[O-])[C@H](O)[C@@H](O)[C@H](O)[C@H](O)CO.[K+]. The number of carbonyl (C=O) groups is 2. The molecule has 0 rings (SSSR count). The maximum absolute atomic E-state index is 11.7. The van der Waals surface area contributed by atoms with Gasteiger partial charge in [0.05, 0.1) is 19.2 Å². The van der Waals surface area contributed by atoms with Crippen molar-refractivity contribution in [3.05, 3.63) is 0 Å². The van der Waals surface area contributed by atoms with Crippen LogP contribution in [0.3, 0.4) is 0 Å². The Morgan fingerprint density at radius 2 is 1.19 bits per heavy atom. The molecule has 13 nitrogen and oxygen atoms in total. The molecule has 0 saturated heterocycles. The number of aliphatic carboxylic acids is 1. The molecule has 0 aromatic heterocycles. The summed E-state index contributed by atoms with van der Waals surface area (Å²) in [4.78, 5) is 22.3. The Balaban J connectivity index is 0. The van der Waals surface area contributed by atoms with Gasteiger partial charge in [-0.15, -0.1) is 0 Å². The second kappa shape index (κ2) is 13.4. The van der Waals surface area contributed by atoms with Crippen molar-refractivity contribution >= 4 is 11.9 Å². The molecule has 8 atom stereocenters. The van der Waals surface area contributed by atoms with Crippen LogP contribution in [0.25, 0.3) is 0 Å². The number of carboxylic acid groups (broad SMARTS) is 1. The third-order valence-electron chi connectivity index (χ3n) is 3.22. The van der Waals surface area contributed by atoms with Crippen LogP contribution in [0.5, 0.6) is 0 Å². The summed E-state index contributed by atoms with van der Waals surface area (Å²) in [5, 5.41) is 93.7. The van der Waals surface area contributed by atoms with E-state index in [4.69, 9.17) is 15.3 Å². The average molecular weight is 412 g/mol. The molecule has 14 heteroatoms. The fraction of sp³-hybridized carbons (Fsp3) is 0.833. The van der Waals surface area contributed by atoms with E-state index in [1.54, 1.807) is 0 Å². The van der Waals surface area contributed by atoms with Crippen molar-refractivity contribution in [2.75, 3.05) is 13.2 Å². The number of hydrogen-bond acceptors (Lipinski definition) is 13. The molecule has 0 unspecified atom stereocenters. The molecule has 0 aromatic carbocycles. The molecule has 0 aliphatic rings. The molecule has 9 N–H and O–H groups in total. The van der Waals surface area contributed by atoms with E-state index < -0.39 is 74.0 Å². The van der Waals surface area contributed by atoms with Gasteiger partial charge < -0.3 is 60.6 Å². The van der Waals surface area contributed by atoms with Crippen molar-refractivity contribution < 1.29 is 117 Å². The maximum atomic E-state index is 11.7. The number of carbonyl (C=O) groups excluding carboxylic acids is 2. The Labute approximate surface area is 189 Å². The summed E-state index contributed by atoms with van der Waals surface area (Å²) >= 11 is 0. The van der Waals surface area contributed by atoms with Crippen LogP contribution < -0.4 is 56.5 Å². The topological polar surface area (TPSA) is 248 Å². The summed E-state index contributed by atoms with van der Waals surface area (Å²) in [6.45, 7) is -2.14. The second-order valence-corrected chi connectivity index (χ2v) is 5.08. The van der Waals surface area contributed by atoms with Gasteiger partial charge >= 0.3 is 57.4 Å². The Morgan fingerprint density at radius 1 is 0.769 bits per heavy atom. The van der Waals surface area contributed by atoms with E-state index in [0.29, 0.717) is 0 Å². The first-order chi connectivity index (χ1) is 11.5. The van der Waals surface area contributed by atoms with Crippen LogP contribution in [-0.4, -0.2) is 120 Å². The third-order valence-corrected chi connectivity index (χ3v) is 3.22. The summed E-state index contributed by atoms with van der Waals surface area (Å²) in [5.41, 5.74) is 0. The first-order valence-electron chi connectivity index (χ1n) is 6.89. The Bertz CT molecular complexity index is 435. The number of aliphatic hydroxyl groups is 9. The quantitative estimate of drug-likeness (QED) is 0.113. The molecular formula is C12H21KO13. The van der Waals surface area contributed by atoms with Crippen molar-refractivity contribution in [1.82, 2.24) is 0 Å². The Hall–Kier alpha value is 0.216. The van der Waals surface area contributed by atoms with E-state index in [0.717, 1.165) is 0 Å². The average Bonchev–Trinajstić information content (AvgIpc) is 2.60. The molecule has 0 fully saturated rings. The number of hydrogen-bond donors (Lipinski definition) is 9. The first-order valence-corrected chi connectivity index (χ1v) is 6.89. The zero-order chi connectivity index (χ0) is 19.9. The molecule has 0 radical (unpaired) electrons. The van der Waals surface area contributed by atoms with Gasteiger partial charge in [0.25, 0.3) is 0 Å². The molecule has 148 valence electrons. The van der Waals surface area contributed by atoms with Gasteiger partial charge in [0.15, 0.2) is 12.2 Å². The van der Waals surface area contributed by atoms with E-state index in [1.807, 2.05) is 0 Å². The van der Waals surface area contributed by atoms with E-state index in [-0.39, 0.29) is 51.4 Å². The van der Waals surface area contributed by atoms with Crippen LogP contribution in [0, 0.1) is 0 Å². The van der Waals surface area contributed by atoms with Gasteiger partial charge in [0, 0.05) is 0 Å². The minimum absolute atomic E-state index is 0. The largest absolute Gasteiger partial charge is 1.00 e. The van der Waals surface area contributed by atoms with Gasteiger partial charge in [-0.05, 0) is 0 Å². The fourth-order valence-electron chi connectivity index (χ4n) is 1.65. The van der Waals surface area contributed by atoms with Crippen LogP contribution in [0.15, 0.2) is 0 Å². The molecule has 0 aliphatic heterocycles. The van der Waals surface area contributed by atoms with Crippen molar-refractivity contribution in [1.29, 1.82) is 0 Å². The summed E-state index contributed by atoms with van der Waals surface area (Å²) in [6, 6.07) is 0. The first kappa shape index (κ1) is 28.4. The van der Waals surface area contributed by atoms with Gasteiger partial charge in [-0.3, -0.25) is 0 Å². The molecule has 0 spiro atoms. The predicted octanol–water partition coefficient (Wildman–Crippen LogP) is -10.8. The minimum Gasteiger partial charge on any atom is -0.547 e. The molecule has 0 saturated carbocycles. The van der Waals surface area contributed by atoms with Crippen molar-refractivity contribution in [2.45, 2.75) is 48.8 Å². The fourth-order valence-corrected chi connectivity index (χ4v) is 1.65. The van der Waals surface area contributed by atoms with Crippen LogP contribution in [0.4, 0.5) is 0 Å². The summed E-state index contributed by atoms with van der Waals surface area (Å²) in [5.74, 6) is -4.08. The number of aliphatic hydroxyl groups excluding tert-OH is 9. The summed E-state index contributed by atoms with van der Waals surface area (Å²) < 4.78 is 4.31. The monoisotopic (exact) mass is 412 g/mol. The number of rotatable bonds is 11. The Morgan fingerprint density at radius 3 is 1.58 bits per heavy atom. The van der Waals surface area contributed by atoms with Gasteiger partial charge in [0.1, 0.15) is 36.6 Å². The predicted molar refractivity (Wildman–Crippen MR) is 71.1 cm³/mol. The van der Waals surface area contributed by atoms with Crippen LogP contribution >= 0.6 is 0 Å². The molecule has 26 heavy (non-hydrogen) atoms. The van der Waals surface area contributed by atoms with E-state index in [9.17, 15) is 45.3 Å². The summed E-state index contributed by atoms with van der Waals surface area (Å²) in [6.07, 6.45) is -18.6. The van der Waals surface area contributed by atoms with Gasteiger partial charge in [0.2, 0.25) is 0 Å². The van der Waals surface area contributed by atoms with Gasteiger partial charge in [-0.25, -0.2) is 4.79 Å². The normalized spacial score (nSPS) is 20.5. The van der Waals surface area contributed by atoms with E-state index in [2.05, 4.69) is 4.74 Å². The van der Waals surface area contributed by atoms with Crippen LogP contribution in [0.2, 0.25) is 0 Å². The molecule has 0 bridgehead atoms. The maximum Gasteiger partial charge on any atom is 1.00 e. The zero-order valence-electron chi connectivity index (χ0n) is 13.7. The Kier molecular flexibility index (Phi) is 14.7. The molecule has 0 aromatic rings. The standard InChI is InChI=1S/C12H22O13.K/c13-1-3(15)5(17)7(19)8(20)12(24)25-10(9(21)11(22)23)6(18)4(16)2-14;/h3-10,13-21H,1-2H2,(H,22,23);/q;+1/p-1/t3-,4-,5-,6-,7+,8-,9-,10+;/m1./s1. The van der Waals surface area contributed by atoms with Crippen molar-refractivity contribution in [3.63, 3.8) is 0 Å². The van der Waals surface area contributed by atoms with Crippen LogP contribution in [-0.2, 0) is 14.3 Å². The van der Waals surface area contributed by atoms with Crippen molar-refractivity contribution in [2.24, 2.45) is 0 Å². The number of esters is 1. The summed E-state index contributed by atoms with van der Waals surface area (Å²) in [7, 11) is 0. The number of carboxylic acids is 1. The van der Waals surface area contributed by atoms with Gasteiger partial charge in [-0.2, -0.15) is 0 Å². The molecule has 0 aliphatic carbocycles. The number of ether oxygens (including phenoxy) is 1. The zero-order valence-corrected chi connectivity index (χ0v) is 16.8. The molecule has 0 amide bonds. The second-order valence-electron chi connectivity index (χ2n) is 5.08. The molecular weight excluding hydrogens is 391 g/mol.